The Bertz CT molecular complexity index is 407. The minimum absolute atomic E-state index is 0.318. The number of likely N-dealkylation sites (N-methyl/N-ethyl adjacent to an activating group) is 1. The third-order valence-corrected chi connectivity index (χ3v) is 4.55. The number of hydrogen-bond donors (Lipinski definition) is 1. The van der Waals surface area contributed by atoms with Crippen LogP contribution in [0.4, 0.5) is 0 Å². The van der Waals surface area contributed by atoms with Gasteiger partial charge in [0.2, 0.25) is 0 Å². The van der Waals surface area contributed by atoms with Gasteiger partial charge in [0.1, 0.15) is 0 Å². The molecule has 120 valence electrons. The number of aliphatic hydroxyl groups excluding tert-OH is 1. The van der Waals surface area contributed by atoms with Gasteiger partial charge < -0.3 is 9.84 Å². The summed E-state index contributed by atoms with van der Waals surface area (Å²) in [7, 11) is 2.04. The van der Waals surface area contributed by atoms with Crippen LogP contribution < -0.4 is 0 Å². The van der Waals surface area contributed by atoms with Gasteiger partial charge in [0.05, 0.1) is 30.0 Å². The zero-order chi connectivity index (χ0) is 15.1. The SMILES string of the molecule is CCCc1nc(CN(C)CC(O)CN2CCOCC2)cs1. The number of rotatable bonds is 8. The Morgan fingerprint density at radius 1 is 1.48 bits per heavy atom. The summed E-state index contributed by atoms with van der Waals surface area (Å²) < 4.78 is 5.32. The summed E-state index contributed by atoms with van der Waals surface area (Å²) in [5, 5.41) is 13.5. The van der Waals surface area contributed by atoms with Crippen LogP contribution in [-0.4, -0.2) is 72.4 Å². The van der Waals surface area contributed by atoms with E-state index in [1.165, 1.54) is 5.01 Å². The number of β-amino-alcohol motifs (C(OH)–C–C–N with tert-alkyl or cyclic N) is 1. The van der Waals surface area contributed by atoms with Gasteiger partial charge in [-0.1, -0.05) is 6.92 Å². The van der Waals surface area contributed by atoms with E-state index in [-0.39, 0.29) is 6.10 Å². The Labute approximate surface area is 131 Å². The maximum absolute atomic E-state index is 10.2. The maximum atomic E-state index is 10.2. The lowest BCUT2D eigenvalue weighted by Crippen LogP contribution is -2.43. The zero-order valence-corrected chi connectivity index (χ0v) is 13.9. The molecule has 1 aromatic heterocycles. The average Bonchev–Trinajstić information content (AvgIpc) is 2.87. The first-order valence-corrected chi connectivity index (χ1v) is 8.65. The predicted octanol–water partition coefficient (Wildman–Crippen LogP) is 1.22. The minimum atomic E-state index is -0.318. The van der Waals surface area contributed by atoms with Crippen LogP contribution in [0.15, 0.2) is 5.38 Å². The van der Waals surface area contributed by atoms with Gasteiger partial charge in [0.15, 0.2) is 0 Å². The summed E-state index contributed by atoms with van der Waals surface area (Å²) in [5.74, 6) is 0. The lowest BCUT2D eigenvalue weighted by Gasteiger charge is -2.29. The molecule has 2 heterocycles. The van der Waals surface area contributed by atoms with Crippen LogP contribution in [0, 0.1) is 0 Å². The Morgan fingerprint density at radius 2 is 2.24 bits per heavy atom. The Hall–Kier alpha value is -0.530. The first-order valence-electron chi connectivity index (χ1n) is 7.77. The molecule has 5 nitrogen and oxygen atoms in total. The molecule has 2 rings (SSSR count). The lowest BCUT2D eigenvalue weighted by atomic mass is 10.2. The molecule has 0 amide bonds. The first kappa shape index (κ1) is 16.8. The van der Waals surface area contributed by atoms with Crippen molar-refractivity contribution in [2.24, 2.45) is 0 Å². The van der Waals surface area contributed by atoms with Gasteiger partial charge in [-0.25, -0.2) is 4.98 Å². The molecule has 1 unspecified atom stereocenters. The van der Waals surface area contributed by atoms with Crippen LogP contribution in [-0.2, 0) is 17.7 Å². The topological polar surface area (TPSA) is 48.8 Å². The number of aryl methyl sites for hydroxylation is 1. The van der Waals surface area contributed by atoms with Crippen molar-refractivity contribution >= 4 is 11.3 Å². The van der Waals surface area contributed by atoms with E-state index in [2.05, 4.69) is 27.1 Å². The van der Waals surface area contributed by atoms with Crippen LogP contribution in [0.3, 0.4) is 0 Å². The van der Waals surface area contributed by atoms with Crippen molar-refractivity contribution in [2.75, 3.05) is 46.4 Å². The molecular weight excluding hydrogens is 286 g/mol. The van der Waals surface area contributed by atoms with Gasteiger partial charge in [0.25, 0.3) is 0 Å². The number of aromatic nitrogens is 1. The molecule has 1 fully saturated rings. The highest BCUT2D eigenvalue weighted by Gasteiger charge is 2.16. The van der Waals surface area contributed by atoms with Crippen LogP contribution in [0.25, 0.3) is 0 Å². The smallest absolute Gasteiger partial charge is 0.0928 e. The second-order valence-corrected chi connectivity index (χ2v) is 6.69. The summed E-state index contributed by atoms with van der Waals surface area (Å²) in [5.41, 5.74) is 1.12. The number of morpholine rings is 1. The molecule has 21 heavy (non-hydrogen) atoms. The summed E-state index contributed by atoms with van der Waals surface area (Å²) in [6, 6.07) is 0. The summed E-state index contributed by atoms with van der Waals surface area (Å²) >= 11 is 1.74. The fraction of sp³-hybridized carbons (Fsp3) is 0.800. The zero-order valence-electron chi connectivity index (χ0n) is 13.1. The van der Waals surface area contributed by atoms with Gasteiger partial charge in [-0.15, -0.1) is 11.3 Å². The quantitative estimate of drug-likeness (QED) is 0.782. The van der Waals surface area contributed by atoms with E-state index in [0.717, 1.165) is 57.9 Å². The molecule has 1 aliphatic rings. The molecule has 1 saturated heterocycles. The van der Waals surface area contributed by atoms with Crippen LogP contribution in [0.5, 0.6) is 0 Å². The van der Waals surface area contributed by atoms with Gasteiger partial charge in [-0.2, -0.15) is 0 Å². The Kier molecular flexibility index (Phi) is 7.06. The highest BCUT2D eigenvalue weighted by molar-refractivity contribution is 7.09. The molecule has 6 heteroatoms. The minimum Gasteiger partial charge on any atom is -0.390 e. The number of aliphatic hydroxyl groups is 1. The maximum Gasteiger partial charge on any atom is 0.0928 e. The number of thiazole rings is 1. The van der Waals surface area contributed by atoms with Crippen molar-refractivity contribution in [2.45, 2.75) is 32.4 Å². The molecule has 0 saturated carbocycles. The Morgan fingerprint density at radius 3 is 2.95 bits per heavy atom. The van der Waals surface area contributed by atoms with Crippen molar-refractivity contribution in [3.8, 4) is 0 Å². The molecule has 1 atom stereocenters. The Balaban J connectivity index is 1.70. The largest absolute Gasteiger partial charge is 0.390 e. The van der Waals surface area contributed by atoms with Crippen LogP contribution in [0.2, 0.25) is 0 Å². The second-order valence-electron chi connectivity index (χ2n) is 5.75. The van der Waals surface area contributed by atoms with E-state index >= 15 is 0 Å². The lowest BCUT2D eigenvalue weighted by molar-refractivity contribution is 0.00820. The van der Waals surface area contributed by atoms with Crippen molar-refractivity contribution in [1.29, 1.82) is 0 Å². The molecular formula is C15H27N3O2S. The van der Waals surface area contributed by atoms with E-state index in [9.17, 15) is 5.11 Å². The standard InChI is InChI=1S/C15H27N3O2S/c1-3-4-15-16-13(12-21-15)9-17(2)10-14(19)11-18-5-7-20-8-6-18/h12,14,19H,3-11H2,1-2H3. The average molecular weight is 313 g/mol. The van der Waals surface area contributed by atoms with Gasteiger partial charge in [-0.3, -0.25) is 9.80 Å². The van der Waals surface area contributed by atoms with E-state index in [1.807, 2.05) is 7.05 Å². The van der Waals surface area contributed by atoms with Crippen molar-refractivity contribution in [1.82, 2.24) is 14.8 Å². The number of ether oxygens (including phenoxy) is 1. The van der Waals surface area contributed by atoms with E-state index in [1.54, 1.807) is 11.3 Å². The van der Waals surface area contributed by atoms with E-state index in [0.29, 0.717) is 6.54 Å². The molecule has 1 N–H and O–H groups in total. The van der Waals surface area contributed by atoms with Gasteiger partial charge in [0, 0.05) is 38.1 Å². The van der Waals surface area contributed by atoms with Crippen LogP contribution in [0.1, 0.15) is 24.0 Å². The van der Waals surface area contributed by atoms with Crippen molar-refractivity contribution in [3.63, 3.8) is 0 Å². The first-order chi connectivity index (χ1) is 10.2. The number of nitrogens with zero attached hydrogens (tertiary/aromatic N) is 3. The predicted molar refractivity (Wildman–Crippen MR) is 85.7 cm³/mol. The monoisotopic (exact) mass is 313 g/mol. The summed E-state index contributed by atoms with van der Waals surface area (Å²) in [6.45, 7) is 7.79. The highest BCUT2D eigenvalue weighted by atomic mass is 32.1. The van der Waals surface area contributed by atoms with Crippen molar-refractivity contribution in [3.05, 3.63) is 16.1 Å². The van der Waals surface area contributed by atoms with E-state index < -0.39 is 0 Å². The third-order valence-electron chi connectivity index (χ3n) is 3.59. The fourth-order valence-electron chi connectivity index (χ4n) is 2.59. The van der Waals surface area contributed by atoms with Gasteiger partial charge in [-0.05, 0) is 19.9 Å². The normalized spacial score (nSPS) is 18.3. The molecule has 1 aromatic rings. The fourth-order valence-corrected chi connectivity index (χ4v) is 3.48. The molecule has 1 aliphatic heterocycles. The summed E-state index contributed by atoms with van der Waals surface area (Å²) in [4.78, 5) is 9.05. The molecule has 0 radical (unpaired) electrons. The molecule has 0 aromatic carbocycles. The molecule has 0 spiro atoms. The van der Waals surface area contributed by atoms with E-state index in [4.69, 9.17) is 4.74 Å². The molecule has 0 aliphatic carbocycles. The summed E-state index contributed by atoms with van der Waals surface area (Å²) in [6.07, 6.45) is 1.89. The van der Waals surface area contributed by atoms with Crippen molar-refractivity contribution < 1.29 is 9.84 Å². The molecule has 0 bridgehead atoms. The third kappa shape index (κ3) is 6.00. The second kappa shape index (κ2) is 8.80. The van der Waals surface area contributed by atoms with Crippen LogP contribution >= 0.6 is 11.3 Å². The highest BCUT2D eigenvalue weighted by Crippen LogP contribution is 2.13. The number of hydrogen-bond acceptors (Lipinski definition) is 6. The van der Waals surface area contributed by atoms with Gasteiger partial charge >= 0.3 is 0 Å².